The fourth-order valence-electron chi connectivity index (χ4n) is 3.13. The van der Waals surface area contributed by atoms with Crippen LogP contribution in [0.25, 0.3) is 0 Å². The smallest absolute Gasteiger partial charge is 0.255 e. The van der Waals surface area contributed by atoms with Crippen LogP contribution in [0.2, 0.25) is 0 Å². The zero-order chi connectivity index (χ0) is 19.2. The van der Waals surface area contributed by atoms with Crippen LogP contribution in [0, 0.1) is 17.2 Å². The first-order valence-corrected chi connectivity index (χ1v) is 8.92. The number of hydrogen-bond acceptors (Lipinski definition) is 4. The second kappa shape index (κ2) is 8.47. The molecule has 6 heteroatoms. The van der Waals surface area contributed by atoms with Crippen LogP contribution in [0.4, 0.5) is 5.69 Å². The van der Waals surface area contributed by atoms with Crippen molar-refractivity contribution in [1.82, 2.24) is 4.90 Å². The monoisotopic (exact) mass is 363 g/mol. The molecule has 0 radical (unpaired) electrons. The molecule has 0 atom stereocenters. The molecule has 3 rings (SSSR count). The maximum Gasteiger partial charge on any atom is 0.255 e. The lowest BCUT2D eigenvalue weighted by Crippen LogP contribution is -2.39. The molecule has 27 heavy (non-hydrogen) atoms. The molecule has 0 aliphatic carbocycles. The van der Waals surface area contributed by atoms with Crippen LogP contribution in [-0.2, 0) is 0 Å². The minimum Gasteiger partial charge on any atom is -0.396 e. The number of nitrogens with zero attached hydrogens (tertiary/aromatic N) is 2. The van der Waals surface area contributed by atoms with E-state index < -0.39 is 0 Å². The highest BCUT2D eigenvalue weighted by Crippen LogP contribution is 2.20. The van der Waals surface area contributed by atoms with Crippen LogP contribution in [0.3, 0.4) is 0 Å². The molecular formula is C21H21N3O3. The molecule has 0 spiro atoms. The van der Waals surface area contributed by atoms with Crippen molar-refractivity contribution in [2.45, 2.75) is 12.8 Å². The fourth-order valence-corrected chi connectivity index (χ4v) is 3.13. The highest BCUT2D eigenvalue weighted by atomic mass is 16.3. The molecule has 1 aliphatic heterocycles. The van der Waals surface area contributed by atoms with Crippen LogP contribution in [-0.4, -0.2) is 41.5 Å². The minimum absolute atomic E-state index is 0.0686. The van der Waals surface area contributed by atoms with E-state index in [9.17, 15) is 14.7 Å². The van der Waals surface area contributed by atoms with Gasteiger partial charge in [0.05, 0.1) is 11.6 Å². The molecule has 2 N–H and O–H groups in total. The number of benzene rings is 2. The molecule has 2 aromatic carbocycles. The van der Waals surface area contributed by atoms with Gasteiger partial charge in [-0.1, -0.05) is 6.07 Å². The normalized spacial score (nSPS) is 14.4. The number of likely N-dealkylation sites (tertiary alicyclic amines) is 1. The van der Waals surface area contributed by atoms with Gasteiger partial charge in [-0.3, -0.25) is 9.59 Å². The second-order valence-electron chi connectivity index (χ2n) is 6.64. The van der Waals surface area contributed by atoms with Crippen LogP contribution < -0.4 is 5.32 Å². The number of amides is 2. The summed E-state index contributed by atoms with van der Waals surface area (Å²) in [6.07, 6.45) is 1.61. The molecule has 138 valence electrons. The van der Waals surface area contributed by atoms with Gasteiger partial charge in [0.2, 0.25) is 0 Å². The van der Waals surface area contributed by atoms with Crippen molar-refractivity contribution in [2.75, 3.05) is 25.0 Å². The van der Waals surface area contributed by atoms with Gasteiger partial charge in [-0.25, -0.2) is 0 Å². The molecular weight excluding hydrogens is 342 g/mol. The van der Waals surface area contributed by atoms with Gasteiger partial charge >= 0.3 is 0 Å². The Morgan fingerprint density at radius 3 is 2.44 bits per heavy atom. The Morgan fingerprint density at radius 2 is 1.81 bits per heavy atom. The van der Waals surface area contributed by atoms with Crippen LogP contribution >= 0.6 is 0 Å². The maximum atomic E-state index is 12.7. The lowest BCUT2D eigenvalue weighted by Gasteiger charge is -2.31. The summed E-state index contributed by atoms with van der Waals surface area (Å²) < 4.78 is 0. The van der Waals surface area contributed by atoms with Crippen molar-refractivity contribution in [3.63, 3.8) is 0 Å². The Labute approximate surface area is 158 Å². The van der Waals surface area contributed by atoms with Crippen LogP contribution in [0.5, 0.6) is 0 Å². The molecule has 0 saturated carbocycles. The number of anilines is 1. The van der Waals surface area contributed by atoms with Gasteiger partial charge in [0.25, 0.3) is 11.8 Å². The van der Waals surface area contributed by atoms with E-state index in [1.165, 1.54) is 0 Å². The highest BCUT2D eigenvalue weighted by Gasteiger charge is 2.23. The number of carbonyl (C=O) groups excluding carboxylic acids is 2. The summed E-state index contributed by atoms with van der Waals surface area (Å²) in [5.41, 5.74) is 2.00. The van der Waals surface area contributed by atoms with Gasteiger partial charge in [-0.05, 0) is 61.2 Å². The minimum atomic E-state index is -0.298. The Hall–Kier alpha value is -3.17. The van der Waals surface area contributed by atoms with E-state index in [4.69, 9.17) is 5.26 Å². The summed E-state index contributed by atoms with van der Waals surface area (Å²) in [5, 5.41) is 20.8. The van der Waals surface area contributed by atoms with Gasteiger partial charge < -0.3 is 15.3 Å². The summed E-state index contributed by atoms with van der Waals surface area (Å²) in [6.45, 7) is 1.43. The van der Waals surface area contributed by atoms with E-state index in [1.807, 2.05) is 6.07 Å². The summed E-state index contributed by atoms with van der Waals surface area (Å²) in [7, 11) is 0. The number of aliphatic hydroxyl groups is 1. The van der Waals surface area contributed by atoms with Gasteiger partial charge in [0.1, 0.15) is 0 Å². The third-order valence-corrected chi connectivity index (χ3v) is 4.80. The second-order valence-corrected chi connectivity index (χ2v) is 6.64. The first kappa shape index (κ1) is 18.6. The third kappa shape index (κ3) is 4.52. The van der Waals surface area contributed by atoms with Crippen molar-refractivity contribution in [3.05, 3.63) is 65.2 Å². The summed E-state index contributed by atoms with van der Waals surface area (Å²) in [4.78, 5) is 26.8. The van der Waals surface area contributed by atoms with Gasteiger partial charge in [-0.15, -0.1) is 0 Å². The predicted molar refractivity (Wildman–Crippen MR) is 101 cm³/mol. The lowest BCUT2D eigenvalue weighted by molar-refractivity contribution is 0.0650. The zero-order valence-corrected chi connectivity index (χ0v) is 14.9. The predicted octanol–water partition coefficient (Wildman–Crippen LogP) is 2.66. The molecule has 0 aromatic heterocycles. The van der Waals surface area contributed by atoms with Crippen LogP contribution in [0.1, 0.15) is 39.1 Å². The van der Waals surface area contributed by atoms with Gasteiger partial charge in [-0.2, -0.15) is 5.26 Å². The molecule has 2 amide bonds. The average Bonchev–Trinajstić information content (AvgIpc) is 2.73. The summed E-state index contributed by atoms with van der Waals surface area (Å²) >= 11 is 0. The van der Waals surface area contributed by atoms with Crippen molar-refractivity contribution in [1.29, 1.82) is 5.26 Å². The Kier molecular flexibility index (Phi) is 5.84. The van der Waals surface area contributed by atoms with Crippen molar-refractivity contribution in [3.8, 4) is 6.07 Å². The number of rotatable bonds is 4. The van der Waals surface area contributed by atoms with Crippen molar-refractivity contribution in [2.24, 2.45) is 5.92 Å². The Morgan fingerprint density at radius 1 is 1.11 bits per heavy atom. The highest BCUT2D eigenvalue weighted by molar-refractivity contribution is 6.05. The molecule has 1 heterocycles. The summed E-state index contributed by atoms with van der Waals surface area (Å²) in [5.74, 6) is -0.0965. The molecule has 2 aromatic rings. The van der Waals surface area contributed by atoms with Crippen molar-refractivity contribution < 1.29 is 14.7 Å². The number of carbonyl (C=O) groups is 2. The first-order valence-electron chi connectivity index (χ1n) is 8.92. The van der Waals surface area contributed by atoms with Gasteiger partial charge in [0, 0.05) is 36.5 Å². The average molecular weight is 363 g/mol. The van der Waals surface area contributed by atoms with Gasteiger partial charge in [0.15, 0.2) is 0 Å². The first-order chi connectivity index (χ1) is 13.1. The fraction of sp³-hybridized carbons (Fsp3) is 0.286. The molecule has 6 nitrogen and oxygen atoms in total. The SMILES string of the molecule is N#Cc1ccc(C(=O)Nc2cccc(C(=O)N3CCC(CO)CC3)c2)cc1. The molecule has 1 fully saturated rings. The molecule has 1 aliphatic rings. The van der Waals surface area contributed by atoms with E-state index in [2.05, 4.69) is 5.32 Å². The quantitative estimate of drug-likeness (QED) is 0.873. The van der Waals surface area contributed by atoms with E-state index in [-0.39, 0.29) is 24.3 Å². The van der Waals surface area contributed by atoms with E-state index >= 15 is 0 Å². The maximum absolute atomic E-state index is 12.7. The van der Waals surface area contributed by atoms with E-state index in [0.717, 1.165) is 12.8 Å². The number of nitrogens with one attached hydrogen (secondary N) is 1. The molecule has 1 saturated heterocycles. The zero-order valence-electron chi connectivity index (χ0n) is 14.9. The lowest BCUT2D eigenvalue weighted by atomic mass is 9.97. The number of piperidine rings is 1. The summed E-state index contributed by atoms with van der Waals surface area (Å²) in [6, 6.07) is 15.2. The third-order valence-electron chi connectivity index (χ3n) is 4.80. The Balaban J connectivity index is 1.67. The van der Waals surface area contributed by atoms with E-state index in [1.54, 1.807) is 53.4 Å². The standard InChI is InChI=1S/C21H21N3O3/c22-13-15-4-6-17(7-5-15)20(26)23-19-3-1-2-18(12-19)21(27)24-10-8-16(14-25)9-11-24/h1-7,12,16,25H,8-11,14H2,(H,23,26). The topological polar surface area (TPSA) is 93.4 Å². The van der Waals surface area contributed by atoms with E-state index in [0.29, 0.717) is 35.5 Å². The molecule has 0 unspecified atom stereocenters. The number of aliphatic hydroxyl groups excluding tert-OH is 1. The molecule has 0 bridgehead atoms. The number of hydrogen-bond donors (Lipinski definition) is 2. The number of nitriles is 1. The van der Waals surface area contributed by atoms with Crippen molar-refractivity contribution >= 4 is 17.5 Å². The van der Waals surface area contributed by atoms with Crippen LogP contribution in [0.15, 0.2) is 48.5 Å². The largest absolute Gasteiger partial charge is 0.396 e. The Bertz CT molecular complexity index is 863.